The van der Waals surface area contributed by atoms with Crippen molar-refractivity contribution >= 4 is 33.4 Å². The number of rotatable bonds is 7. The molecule has 0 aliphatic carbocycles. The highest BCUT2D eigenvalue weighted by molar-refractivity contribution is 7.99. The van der Waals surface area contributed by atoms with Gasteiger partial charge in [-0.15, -0.1) is 5.10 Å². The van der Waals surface area contributed by atoms with Crippen LogP contribution >= 0.6 is 11.8 Å². The molecule has 0 saturated carbocycles. The van der Waals surface area contributed by atoms with Gasteiger partial charge in [-0.1, -0.05) is 11.8 Å². The number of aryl methyl sites for hydroxylation is 1. The highest BCUT2D eigenvalue weighted by atomic mass is 32.2. The van der Waals surface area contributed by atoms with E-state index >= 15 is 0 Å². The third-order valence-electron chi connectivity index (χ3n) is 5.47. The van der Waals surface area contributed by atoms with Crippen LogP contribution in [0.4, 0.5) is 5.69 Å². The van der Waals surface area contributed by atoms with E-state index in [1.807, 2.05) is 0 Å². The summed E-state index contributed by atoms with van der Waals surface area (Å²) in [6, 6.07) is 4.98. The van der Waals surface area contributed by atoms with Crippen LogP contribution in [-0.2, 0) is 32.5 Å². The fourth-order valence-electron chi connectivity index (χ4n) is 3.80. The minimum absolute atomic E-state index is 0.0548. The predicted molar refractivity (Wildman–Crippen MR) is 116 cm³/mol. The van der Waals surface area contributed by atoms with Gasteiger partial charge < -0.3 is 9.64 Å². The van der Waals surface area contributed by atoms with Crippen LogP contribution < -0.4 is 4.90 Å². The fourth-order valence-corrected chi connectivity index (χ4v) is 5.52. The highest BCUT2D eigenvalue weighted by Crippen LogP contribution is 2.31. The molecule has 1 aromatic heterocycles. The summed E-state index contributed by atoms with van der Waals surface area (Å²) in [5.74, 6) is 0.143. The number of carbonyl (C=O) groups is 1. The molecule has 1 fully saturated rings. The Morgan fingerprint density at radius 1 is 1.32 bits per heavy atom. The van der Waals surface area contributed by atoms with Crippen LogP contribution in [0, 0.1) is 0 Å². The molecular weight excluding hydrogens is 440 g/mol. The molecule has 31 heavy (non-hydrogen) atoms. The lowest BCUT2D eigenvalue weighted by atomic mass is 10.0. The summed E-state index contributed by atoms with van der Waals surface area (Å²) in [4.78, 5) is 15.0. The van der Waals surface area contributed by atoms with E-state index in [4.69, 9.17) is 4.74 Å². The van der Waals surface area contributed by atoms with Crippen molar-refractivity contribution < 1.29 is 17.9 Å². The summed E-state index contributed by atoms with van der Waals surface area (Å²) in [5, 5.41) is 12.4. The smallest absolute Gasteiger partial charge is 0.242 e. The summed E-state index contributed by atoms with van der Waals surface area (Å²) >= 11 is 1.30. The summed E-state index contributed by atoms with van der Waals surface area (Å²) in [6.07, 6.45) is 3.66. The lowest BCUT2D eigenvalue weighted by Gasteiger charge is -2.30. The molecular formula is C19H26N6O4S2. The van der Waals surface area contributed by atoms with Crippen molar-refractivity contribution in [2.24, 2.45) is 0 Å². The number of aromatic nitrogens is 4. The van der Waals surface area contributed by atoms with Crippen molar-refractivity contribution in [1.29, 1.82) is 0 Å². The SMILES string of the molecule is CN(C)S(=O)(=O)c1ccc2c(c1)CCCN2C(=O)CSc1nnnn1CC1CCCO1. The summed E-state index contributed by atoms with van der Waals surface area (Å²) < 4.78 is 33.4. The maximum absolute atomic E-state index is 13.0. The van der Waals surface area contributed by atoms with Gasteiger partial charge >= 0.3 is 0 Å². The Bertz CT molecular complexity index is 1050. The van der Waals surface area contributed by atoms with Gasteiger partial charge in [-0.3, -0.25) is 4.79 Å². The molecule has 2 aromatic rings. The van der Waals surface area contributed by atoms with Gasteiger partial charge in [0.05, 0.1) is 23.3 Å². The van der Waals surface area contributed by atoms with E-state index in [0.717, 1.165) is 43.5 Å². The van der Waals surface area contributed by atoms with Crippen molar-refractivity contribution in [3.8, 4) is 0 Å². The number of sulfonamides is 1. The maximum Gasteiger partial charge on any atom is 0.242 e. The molecule has 2 aliphatic heterocycles. The van der Waals surface area contributed by atoms with Crippen LogP contribution in [0.15, 0.2) is 28.3 Å². The summed E-state index contributed by atoms with van der Waals surface area (Å²) in [7, 11) is -0.496. The van der Waals surface area contributed by atoms with E-state index in [2.05, 4.69) is 15.5 Å². The normalized spacial score (nSPS) is 19.1. The molecule has 10 nitrogen and oxygen atoms in total. The quantitative estimate of drug-likeness (QED) is 0.559. The van der Waals surface area contributed by atoms with Crippen LogP contribution in [-0.4, -0.2) is 77.9 Å². The molecule has 12 heteroatoms. The standard InChI is InChI=1S/C19H26N6O4S2/c1-23(2)31(27,28)16-7-8-17-14(11-16)5-3-9-24(17)18(26)13-30-19-20-21-22-25(19)12-15-6-4-10-29-15/h7-8,11,15H,3-6,9-10,12-13H2,1-2H3. The van der Waals surface area contributed by atoms with Gasteiger partial charge in [-0.2, -0.15) is 0 Å². The van der Waals surface area contributed by atoms with E-state index in [0.29, 0.717) is 18.2 Å². The second kappa shape index (κ2) is 9.23. The number of hydrogen-bond donors (Lipinski definition) is 0. The predicted octanol–water partition coefficient (Wildman–Crippen LogP) is 1.17. The molecule has 4 rings (SSSR count). The average molecular weight is 467 g/mol. The lowest BCUT2D eigenvalue weighted by Crippen LogP contribution is -2.37. The molecule has 1 saturated heterocycles. The first-order valence-corrected chi connectivity index (χ1v) is 12.6. The Balaban J connectivity index is 1.44. The van der Waals surface area contributed by atoms with Gasteiger partial charge in [0, 0.05) is 32.9 Å². The van der Waals surface area contributed by atoms with Crippen LogP contribution in [0.5, 0.6) is 0 Å². The zero-order valence-electron chi connectivity index (χ0n) is 17.6. The largest absolute Gasteiger partial charge is 0.376 e. The van der Waals surface area contributed by atoms with Gasteiger partial charge in [0.25, 0.3) is 0 Å². The number of carbonyl (C=O) groups excluding carboxylic acids is 1. The van der Waals surface area contributed by atoms with Crippen molar-refractivity contribution in [3.05, 3.63) is 23.8 Å². The Morgan fingerprint density at radius 3 is 2.90 bits per heavy atom. The minimum Gasteiger partial charge on any atom is -0.376 e. The maximum atomic E-state index is 13.0. The number of hydrogen-bond acceptors (Lipinski definition) is 8. The second-order valence-electron chi connectivity index (χ2n) is 7.79. The Labute approximate surface area is 186 Å². The summed E-state index contributed by atoms with van der Waals surface area (Å²) in [6.45, 7) is 1.95. The Kier molecular flexibility index (Phi) is 6.60. The van der Waals surface area contributed by atoms with E-state index in [-0.39, 0.29) is 22.7 Å². The molecule has 0 spiro atoms. The number of anilines is 1. The molecule has 0 N–H and O–H groups in total. The minimum atomic E-state index is -3.51. The fraction of sp³-hybridized carbons (Fsp3) is 0.579. The Hall–Kier alpha value is -2.02. The second-order valence-corrected chi connectivity index (χ2v) is 10.9. The topological polar surface area (TPSA) is 111 Å². The molecule has 168 valence electrons. The van der Waals surface area contributed by atoms with Gasteiger partial charge in [0.2, 0.25) is 21.1 Å². The number of fused-ring (bicyclic) bond motifs is 1. The van der Waals surface area contributed by atoms with Crippen molar-refractivity contribution in [2.75, 3.05) is 37.9 Å². The van der Waals surface area contributed by atoms with Crippen LogP contribution in [0.3, 0.4) is 0 Å². The first kappa shape index (κ1) is 22.2. The number of thioether (sulfide) groups is 1. The molecule has 2 aliphatic rings. The van der Waals surface area contributed by atoms with Crippen LogP contribution in [0.25, 0.3) is 0 Å². The van der Waals surface area contributed by atoms with Crippen molar-refractivity contribution in [1.82, 2.24) is 24.5 Å². The molecule has 3 heterocycles. The number of amides is 1. The first-order valence-electron chi connectivity index (χ1n) is 10.2. The van der Waals surface area contributed by atoms with E-state index in [9.17, 15) is 13.2 Å². The first-order chi connectivity index (χ1) is 14.9. The average Bonchev–Trinajstić information content (AvgIpc) is 3.43. The van der Waals surface area contributed by atoms with Crippen LogP contribution in [0.2, 0.25) is 0 Å². The van der Waals surface area contributed by atoms with Gasteiger partial charge in [-0.25, -0.2) is 17.4 Å². The zero-order chi connectivity index (χ0) is 22.0. The monoisotopic (exact) mass is 466 g/mol. The highest BCUT2D eigenvalue weighted by Gasteiger charge is 2.26. The lowest BCUT2D eigenvalue weighted by molar-refractivity contribution is -0.116. The third-order valence-corrected chi connectivity index (χ3v) is 8.23. The van der Waals surface area contributed by atoms with Gasteiger partial charge in [0.1, 0.15) is 0 Å². The van der Waals surface area contributed by atoms with Crippen LogP contribution in [0.1, 0.15) is 24.8 Å². The van der Waals surface area contributed by atoms with E-state index in [1.54, 1.807) is 27.8 Å². The van der Waals surface area contributed by atoms with Gasteiger partial charge in [0.15, 0.2) is 0 Å². The molecule has 1 unspecified atom stereocenters. The third kappa shape index (κ3) is 4.76. The Morgan fingerprint density at radius 2 is 2.16 bits per heavy atom. The van der Waals surface area contributed by atoms with E-state index < -0.39 is 10.0 Å². The van der Waals surface area contributed by atoms with Crippen molar-refractivity contribution in [2.45, 2.75) is 48.4 Å². The molecule has 0 radical (unpaired) electrons. The van der Waals surface area contributed by atoms with Gasteiger partial charge in [-0.05, 0) is 59.9 Å². The zero-order valence-corrected chi connectivity index (χ0v) is 19.2. The number of tetrazole rings is 1. The number of ether oxygens (including phenoxy) is 1. The molecule has 0 bridgehead atoms. The summed E-state index contributed by atoms with van der Waals surface area (Å²) in [5.41, 5.74) is 1.64. The molecule has 1 atom stereocenters. The number of nitrogens with zero attached hydrogens (tertiary/aromatic N) is 6. The molecule has 1 aromatic carbocycles. The van der Waals surface area contributed by atoms with Crippen molar-refractivity contribution in [3.63, 3.8) is 0 Å². The number of benzene rings is 1. The molecule has 1 amide bonds. The van der Waals surface area contributed by atoms with E-state index in [1.165, 1.54) is 30.2 Å².